The molecular weight excluding hydrogens is 383 g/mol. The van der Waals surface area contributed by atoms with Gasteiger partial charge < -0.3 is 9.42 Å². The maximum Gasteiger partial charge on any atom is 0.416 e. The molecule has 0 bridgehead atoms. The zero-order valence-corrected chi connectivity index (χ0v) is 15.8. The monoisotopic (exact) mass is 401 g/mol. The standard InChI is InChI=1S/C21H18F3N3O2/c1-12-7-13(2)9-17(8-12)27-11-15(10-18(27)28)20-25-19(26-29-20)14-3-5-16(6-4-14)21(22,23)24/h3-9,15H,10-11H2,1-2H3/t15-/m1/s1. The minimum absolute atomic E-state index is 0.0331. The fourth-order valence-corrected chi connectivity index (χ4v) is 3.56. The van der Waals surface area contributed by atoms with E-state index in [9.17, 15) is 18.0 Å². The molecule has 5 nitrogen and oxygen atoms in total. The van der Waals surface area contributed by atoms with Crippen molar-refractivity contribution in [2.45, 2.75) is 32.4 Å². The van der Waals surface area contributed by atoms with Gasteiger partial charge in [0.1, 0.15) is 0 Å². The first-order valence-electron chi connectivity index (χ1n) is 9.10. The fraction of sp³-hybridized carbons (Fsp3) is 0.286. The SMILES string of the molecule is Cc1cc(C)cc(N2C[C@H](c3nc(-c4ccc(C(F)(F)F)cc4)no3)CC2=O)c1. The van der Waals surface area contributed by atoms with E-state index in [0.29, 0.717) is 18.0 Å². The predicted octanol–water partition coefficient (Wildman–Crippen LogP) is 4.89. The molecule has 1 fully saturated rings. The molecule has 1 aliphatic rings. The van der Waals surface area contributed by atoms with Gasteiger partial charge in [-0.2, -0.15) is 18.2 Å². The van der Waals surface area contributed by atoms with Crippen LogP contribution in [0, 0.1) is 13.8 Å². The summed E-state index contributed by atoms with van der Waals surface area (Å²) in [5.41, 5.74) is 2.65. The minimum atomic E-state index is -4.40. The van der Waals surface area contributed by atoms with Gasteiger partial charge >= 0.3 is 6.18 Å². The van der Waals surface area contributed by atoms with Gasteiger partial charge in [-0.25, -0.2) is 0 Å². The number of nitrogens with zero attached hydrogens (tertiary/aromatic N) is 3. The zero-order chi connectivity index (χ0) is 20.8. The van der Waals surface area contributed by atoms with Crippen LogP contribution >= 0.6 is 0 Å². The van der Waals surface area contributed by atoms with Crippen molar-refractivity contribution in [2.75, 3.05) is 11.4 Å². The summed E-state index contributed by atoms with van der Waals surface area (Å²) in [4.78, 5) is 18.5. The van der Waals surface area contributed by atoms with E-state index in [4.69, 9.17) is 4.52 Å². The lowest BCUT2D eigenvalue weighted by Crippen LogP contribution is -2.24. The Morgan fingerprint density at radius 1 is 1.07 bits per heavy atom. The van der Waals surface area contributed by atoms with Crippen molar-refractivity contribution in [1.29, 1.82) is 0 Å². The number of rotatable bonds is 3. The first kappa shape index (κ1) is 19.2. The van der Waals surface area contributed by atoms with Crippen LogP contribution in [0.15, 0.2) is 47.0 Å². The molecule has 29 heavy (non-hydrogen) atoms. The highest BCUT2D eigenvalue weighted by Crippen LogP contribution is 2.34. The molecule has 1 aromatic heterocycles. The maximum atomic E-state index is 12.7. The number of amides is 1. The van der Waals surface area contributed by atoms with Crippen molar-refractivity contribution in [3.05, 3.63) is 65.0 Å². The number of alkyl halides is 3. The third-order valence-electron chi connectivity index (χ3n) is 4.90. The van der Waals surface area contributed by atoms with Crippen LogP contribution in [-0.4, -0.2) is 22.6 Å². The summed E-state index contributed by atoms with van der Waals surface area (Å²) in [6, 6.07) is 10.5. The molecule has 0 saturated carbocycles. The summed E-state index contributed by atoms with van der Waals surface area (Å²) >= 11 is 0. The molecule has 1 aliphatic heterocycles. The summed E-state index contributed by atoms with van der Waals surface area (Å²) < 4.78 is 43.4. The van der Waals surface area contributed by atoms with E-state index in [1.54, 1.807) is 4.90 Å². The van der Waals surface area contributed by atoms with Crippen molar-refractivity contribution >= 4 is 11.6 Å². The molecule has 2 heterocycles. The summed E-state index contributed by atoms with van der Waals surface area (Å²) in [5.74, 6) is 0.208. The molecule has 4 rings (SSSR count). The van der Waals surface area contributed by atoms with Crippen LogP contribution in [0.2, 0.25) is 0 Å². The Morgan fingerprint density at radius 2 is 1.72 bits per heavy atom. The molecular formula is C21H18F3N3O2. The molecule has 1 amide bonds. The summed E-state index contributed by atoms with van der Waals surface area (Å²) in [7, 11) is 0. The number of benzene rings is 2. The molecule has 1 atom stereocenters. The third-order valence-corrected chi connectivity index (χ3v) is 4.90. The lowest BCUT2D eigenvalue weighted by molar-refractivity contribution is -0.137. The molecule has 150 valence electrons. The molecule has 8 heteroatoms. The lowest BCUT2D eigenvalue weighted by Gasteiger charge is -2.17. The number of hydrogen-bond acceptors (Lipinski definition) is 4. The third kappa shape index (κ3) is 3.87. The van der Waals surface area contributed by atoms with Crippen molar-refractivity contribution in [1.82, 2.24) is 10.1 Å². The number of anilines is 1. The highest BCUT2D eigenvalue weighted by molar-refractivity contribution is 5.96. The van der Waals surface area contributed by atoms with Crippen LogP contribution in [0.25, 0.3) is 11.4 Å². The number of aryl methyl sites for hydroxylation is 2. The number of halogens is 3. The minimum Gasteiger partial charge on any atom is -0.339 e. The Kier molecular flexibility index (Phi) is 4.64. The molecule has 3 aromatic rings. The molecule has 0 spiro atoms. The van der Waals surface area contributed by atoms with Crippen LogP contribution < -0.4 is 4.90 Å². The molecule has 0 unspecified atom stereocenters. The number of carbonyl (C=O) groups is 1. The first-order valence-corrected chi connectivity index (χ1v) is 9.10. The Balaban J connectivity index is 1.53. The van der Waals surface area contributed by atoms with Gasteiger partial charge in [0.05, 0.1) is 11.5 Å². The second-order valence-corrected chi connectivity index (χ2v) is 7.28. The van der Waals surface area contributed by atoms with Gasteiger partial charge in [0.25, 0.3) is 0 Å². The van der Waals surface area contributed by atoms with Crippen molar-refractivity contribution in [2.24, 2.45) is 0 Å². The van der Waals surface area contributed by atoms with Gasteiger partial charge in [-0.3, -0.25) is 4.79 Å². The van der Waals surface area contributed by atoms with E-state index >= 15 is 0 Å². The number of carbonyl (C=O) groups excluding carboxylic acids is 1. The van der Waals surface area contributed by atoms with E-state index in [0.717, 1.165) is 28.9 Å². The van der Waals surface area contributed by atoms with Crippen LogP contribution in [0.1, 0.15) is 34.9 Å². The van der Waals surface area contributed by atoms with Gasteiger partial charge in [-0.05, 0) is 49.2 Å². The number of hydrogen-bond donors (Lipinski definition) is 0. The second kappa shape index (κ2) is 7.02. The maximum absolute atomic E-state index is 12.7. The fourth-order valence-electron chi connectivity index (χ4n) is 3.56. The summed E-state index contributed by atoms with van der Waals surface area (Å²) in [6.07, 6.45) is -4.16. The van der Waals surface area contributed by atoms with Gasteiger partial charge in [0, 0.05) is 24.2 Å². The Morgan fingerprint density at radius 3 is 2.34 bits per heavy atom. The summed E-state index contributed by atoms with van der Waals surface area (Å²) in [5, 5.41) is 3.88. The van der Waals surface area contributed by atoms with E-state index in [2.05, 4.69) is 10.1 Å². The molecule has 1 saturated heterocycles. The van der Waals surface area contributed by atoms with E-state index in [1.165, 1.54) is 12.1 Å². The van der Waals surface area contributed by atoms with Gasteiger partial charge in [-0.1, -0.05) is 23.4 Å². The van der Waals surface area contributed by atoms with Crippen LogP contribution in [0.5, 0.6) is 0 Å². The molecule has 0 radical (unpaired) electrons. The average Bonchev–Trinajstić information content (AvgIpc) is 3.27. The Bertz CT molecular complexity index is 1040. The van der Waals surface area contributed by atoms with Crippen molar-refractivity contribution in [3.8, 4) is 11.4 Å². The smallest absolute Gasteiger partial charge is 0.339 e. The Labute approximate surface area is 165 Å². The Hall–Kier alpha value is -3.16. The van der Waals surface area contributed by atoms with Crippen LogP contribution in [0.4, 0.5) is 18.9 Å². The quantitative estimate of drug-likeness (QED) is 0.627. The normalized spacial score (nSPS) is 17.2. The van der Waals surface area contributed by atoms with Gasteiger partial charge in [0.15, 0.2) is 0 Å². The zero-order valence-electron chi connectivity index (χ0n) is 15.8. The lowest BCUT2D eigenvalue weighted by atomic mass is 10.1. The summed E-state index contributed by atoms with van der Waals surface area (Å²) in [6.45, 7) is 4.36. The average molecular weight is 401 g/mol. The van der Waals surface area contributed by atoms with Crippen molar-refractivity contribution in [3.63, 3.8) is 0 Å². The second-order valence-electron chi connectivity index (χ2n) is 7.28. The highest BCUT2D eigenvalue weighted by atomic mass is 19.4. The highest BCUT2D eigenvalue weighted by Gasteiger charge is 2.35. The molecule has 0 aliphatic carbocycles. The number of aromatic nitrogens is 2. The van der Waals surface area contributed by atoms with Gasteiger partial charge in [0.2, 0.25) is 17.6 Å². The van der Waals surface area contributed by atoms with Crippen molar-refractivity contribution < 1.29 is 22.5 Å². The van der Waals surface area contributed by atoms with E-state index in [-0.39, 0.29) is 24.1 Å². The molecule has 0 N–H and O–H groups in total. The molecule has 2 aromatic carbocycles. The first-order chi connectivity index (χ1) is 13.7. The van der Waals surface area contributed by atoms with E-state index < -0.39 is 11.7 Å². The largest absolute Gasteiger partial charge is 0.416 e. The van der Waals surface area contributed by atoms with Gasteiger partial charge in [-0.15, -0.1) is 0 Å². The topological polar surface area (TPSA) is 59.2 Å². The predicted molar refractivity (Wildman–Crippen MR) is 100 cm³/mol. The van der Waals surface area contributed by atoms with E-state index in [1.807, 2.05) is 32.0 Å². The van der Waals surface area contributed by atoms with Crippen LogP contribution in [-0.2, 0) is 11.0 Å². The van der Waals surface area contributed by atoms with Crippen LogP contribution in [0.3, 0.4) is 0 Å².